The van der Waals surface area contributed by atoms with Gasteiger partial charge in [-0.25, -0.2) is 0 Å². The number of piperazine rings is 1. The van der Waals surface area contributed by atoms with Gasteiger partial charge in [0.1, 0.15) is 0 Å². The Bertz CT molecular complexity index is 567. The number of anilines is 1. The smallest absolute Gasteiger partial charge is 0.240 e. The van der Waals surface area contributed by atoms with Crippen molar-refractivity contribution in [2.75, 3.05) is 51.2 Å². The maximum atomic E-state index is 12.2. The van der Waals surface area contributed by atoms with Crippen LogP contribution in [-0.2, 0) is 14.9 Å². The normalized spacial score (nSPS) is 23.1. The van der Waals surface area contributed by atoms with Crippen LogP contribution in [0.5, 0.6) is 0 Å². The minimum Gasteiger partial charge on any atom is -0.377 e. The highest BCUT2D eigenvalue weighted by Crippen LogP contribution is 2.23. The first kappa shape index (κ1) is 18.4. The molecule has 3 rings (SSSR count). The first-order valence-corrected chi connectivity index (χ1v) is 9.23. The molecule has 1 N–H and O–H groups in total. The Hall–Kier alpha value is -1.44. The van der Waals surface area contributed by atoms with Crippen LogP contribution in [0.15, 0.2) is 10.6 Å². The van der Waals surface area contributed by atoms with E-state index in [1.54, 1.807) is 6.07 Å². The number of amides is 1. The molecular formula is C18H30N4O3. The van der Waals surface area contributed by atoms with Crippen LogP contribution in [-0.4, -0.2) is 72.8 Å². The quantitative estimate of drug-likeness (QED) is 0.872. The second kappa shape index (κ2) is 7.85. The summed E-state index contributed by atoms with van der Waals surface area (Å²) < 4.78 is 10.9. The van der Waals surface area contributed by atoms with Crippen molar-refractivity contribution >= 4 is 11.8 Å². The van der Waals surface area contributed by atoms with Gasteiger partial charge in [-0.1, -0.05) is 25.9 Å². The average molecular weight is 350 g/mol. The molecule has 1 unspecified atom stereocenters. The van der Waals surface area contributed by atoms with Crippen LogP contribution in [0.4, 0.5) is 5.88 Å². The van der Waals surface area contributed by atoms with Gasteiger partial charge in [0.05, 0.1) is 18.3 Å². The van der Waals surface area contributed by atoms with Crippen molar-refractivity contribution in [2.45, 2.75) is 45.1 Å². The molecule has 1 aromatic heterocycles. The molecule has 2 saturated heterocycles. The summed E-state index contributed by atoms with van der Waals surface area (Å²) in [6.07, 6.45) is 2.76. The molecule has 3 heterocycles. The van der Waals surface area contributed by atoms with E-state index >= 15 is 0 Å². The molecule has 7 heteroatoms. The SMILES string of the molecule is CC(C)(C)c1cc(NC(=O)CN2CCN(CC3CCCO3)CC2)on1. The van der Waals surface area contributed by atoms with E-state index in [0.29, 0.717) is 18.5 Å². The van der Waals surface area contributed by atoms with Gasteiger partial charge in [-0.15, -0.1) is 0 Å². The third-order valence-corrected chi connectivity index (χ3v) is 4.86. The van der Waals surface area contributed by atoms with Gasteiger partial charge >= 0.3 is 0 Å². The van der Waals surface area contributed by atoms with Gasteiger partial charge < -0.3 is 9.26 Å². The number of nitrogens with one attached hydrogen (secondary N) is 1. The number of hydrogen-bond donors (Lipinski definition) is 1. The van der Waals surface area contributed by atoms with E-state index in [1.165, 1.54) is 12.8 Å². The van der Waals surface area contributed by atoms with Crippen LogP contribution in [0.2, 0.25) is 0 Å². The third kappa shape index (κ3) is 5.26. The van der Waals surface area contributed by atoms with E-state index in [0.717, 1.165) is 45.0 Å². The highest BCUT2D eigenvalue weighted by atomic mass is 16.5. The lowest BCUT2D eigenvalue weighted by Gasteiger charge is -2.35. The molecule has 7 nitrogen and oxygen atoms in total. The Labute approximate surface area is 149 Å². The first-order chi connectivity index (χ1) is 11.9. The fourth-order valence-corrected chi connectivity index (χ4v) is 3.27. The molecule has 0 radical (unpaired) electrons. The zero-order valence-corrected chi connectivity index (χ0v) is 15.6. The molecule has 0 aliphatic carbocycles. The summed E-state index contributed by atoms with van der Waals surface area (Å²) in [5.41, 5.74) is 0.747. The topological polar surface area (TPSA) is 70.8 Å². The molecule has 0 spiro atoms. The molecule has 2 fully saturated rings. The maximum Gasteiger partial charge on any atom is 0.240 e. The predicted molar refractivity (Wildman–Crippen MR) is 95.7 cm³/mol. The first-order valence-electron chi connectivity index (χ1n) is 9.23. The van der Waals surface area contributed by atoms with Crippen LogP contribution in [0.25, 0.3) is 0 Å². The summed E-state index contributed by atoms with van der Waals surface area (Å²) in [7, 11) is 0. The van der Waals surface area contributed by atoms with Crippen LogP contribution < -0.4 is 5.32 Å². The van der Waals surface area contributed by atoms with Crippen molar-refractivity contribution in [2.24, 2.45) is 0 Å². The summed E-state index contributed by atoms with van der Waals surface area (Å²) in [5, 5.41) is 6.83. The zero-order valence-electron chi connectivity index (χ0n) is 15.6. The number of ether oxygens (including phenoxy) is 1. The fourth-order valence-electron chi connectivity index (χ4n) is 3.27. The highest BCUT2D eigenvalue weighted by Gasteiger charge is 2.24. The molecule has 2 aliphatic rings. The number of carbonyl (C=O) groups excluding carboxylic acids is 1. The largest absolute Gasteiger partial charge is 0.377 e. The van der Waals surface area contributed by atoms with Gasteiger partial charge in [0.15, 0.2) is 0 Å². The average Bonchev–Trinajstić information content (AvgIpc) is 3.20. The van der Waals surface area contributed by atoms with E-state index in [9.17, 15) is 4.79 Å². The number of aromatic nitrogens is 1. The van der Waals surface area contributed by atoms with Crippen molar-refractivity contribution in [1.82, 2.24) is 15.0 Å². The fraction of sp³-hybridized carbons (Fsp3) is 0.778. The third-order valence-electron chi connectivity index (χ3n) is 4.86. The van der Waals surface area contributed by atoms with E-state index in [2.05, 4.69) is 41.0 Å². The standard InChI is InChI=1S/C18H30N4O3/c1-18(2,3)15-11-17(25-20-15)19-16(23)13-22-8-6-21(7-9-22)12-14-5-4-10-24-14/h11,14H,4-10,12-13H2,1-3H3,(H,19,23). The molecule has 140 valence electrons. The summed E-state index contributed by atoms with van der Waals surface area (Å²) in [6, 6.07) is 1.80. The van der Waals surface area contributed by atoms with Gasteiger partial charge in [0.25, 0.3) is 0 Å². The Morgan fingerprint density at radius 3 is 2.60 bits per heavy atom. The number of rotatable bonds is 5. The monoisotopic (exact) mass is 350 g/mol. The van der Waals surface area contributed by atoms with Crippen molar-refractivity contribution in [3.63, 3.8) is 0 Å². The van der Waals surface area contributed by atoms with Gasteiger partial charge in [-0.2, -0.15) is 0 Å². The second-order valence-corrected chi connectivity index (χ2v) is 8.09. The van der Waals surface area contributed by atoms with Gasteiger partial charge in [0, 0.05) is 50.8 Å². The molecule has 2 aliphatic heterocycles. The molecule has 0 saturated carbocycles. The Morgan fingerprint density at radius 1 is 1.28 bits per heavy atom. The van der Waals surface area contributed by atoms with E-state index in [4.69, 9.17) is 9.26 Å². The Kier molecular flexibility index (Phi) is 5.76. The minimum atomic E-state index is -0.0914. The number of carbonyl (C=O) groups is 1. The van der Waals surface area contributed by atoms with Gasteiger partial charge in [0.2, 0.25) is 11.8 Å². The summed E-state index contributed by atoms with van der Waals surface area (Å²) >= 11 is 0. The summed E-state index contributed by atoms with van der Waals surface area (Å²) in [6.45, 7) is 12.3. The highest BCUT2D eigenvalue weighted by molar-refractivity contribution is 5.91. The van der Waals surface area contributed by atoms with Crippen LogP contribution in [0, 0.1) is 0 Å². The van der Waals surface area contributed by atoms with E-state index < -0.39 is 0 Å². The lowest BCUT2D eigenvalue weighted by molar-refractivity contribution is -0.117. The predicted octanol–water partition coefficient (Wildman–Crippen LogP) is 1.71. The molecule has 1 amide bonds. The van der Waals surface area contributed by atoms with Crippen LogP contribution in [0.1, 0.15) is 39.3 Å². The molecule has 25 heavy (non-hydrogen) atoms. The van der Waals surface area contributed by atoms with Crippen LogP contribution in [0.3, 0.4) is 0 Å². The molecule has 0 bridgehead atoms. The van der Waals surface area contributed by atoms with Crippen molar-refractivity contribution in [3.05, 3.63) is 11.8 Å². The van der Waals surface area contributed by atoms with Crippen molar-refractivity contribution < 1.29 is 14.1 Å². The van der Waals surface area contributed by atoms with Crippen molar-refractivity contribution in [1.29, 1.82) is 0 Å². The number of hydrogen-bond acceptors (Lipinski definition) is 6. The zero-order chi connectivity index (χ0) is 17.9. The molecular weight excluding hydrogens is 320 g/mol. The lowest BCUT2D eigenvalue weighted by atomic mass is 9.92. The van der Waals surface area contributed by atoms with E-state index in [1.807, 2.05) is 0 Å². The van der Waals surface area contributed by atoms with Gasteiger partial charge in [-0.05, 0) is 12.8 Å². The molecule has 1 aromatic rings. The Balaban J connectivity index is 1.39. The van der Waals surface area contributed by atoms with Crippen molar-refractivity contribution in [3.8, 4) is 0 Å². The lowest BCUT2D eigenvalue weighted by Crippen LogP contribution is -2.50. The summed E-state index contributed by atoms with van der Waals surface area (Å²) in [5.74, 6) is 0.371. The van der Waals surface area contributed by atoms with E-state index in [-0.39, 0.29) is 11.3 Å². The Morgan fingerprint density at radius 2 is 2.00 bits per heavy atom. The van der Waals surface area contributed by atoms with Crippen LogP contribution >= 0.6 is 0 Å². The summed E-state index contributed by atoms with van der Waals surface area (Å²) in [4.78, 5) is 16.8. The molecule has 1 atom stereocenters. The number of nitrogens with zero attached hydrogens (tertiary/aromatic N) is 3. The maximum absolute atomic E-state index is 12.2. The minimum absolute atomic E-state index is 0.0517. The second-order valence-electron chi connectivity index (χ2n) is 8.09. The molecule has 0 aromatic carbocycles. The van der Waals surface area contributed by atoms with Gasteiger partial charge in [-0.3, -0.25) is 19.9 Å².